The number of hydrogen-bond acceptors (Lipinski definition) is 5. The number of nitrogens with zero attached hydrogens (tertiary/aromatic N) is 3. The van der Waals surface area contributed by atoms with Gasteiger partial charge in [-0.2, -0.15) is 0 Å². The summed E-state index contributed by atoms with van der Waals surface area (Å²) in [5, 5.41) is 6.68. The molecular formula is C17H14N4O2. The van der Waals surface area contributed by atoms with E-state index in [0.717, 1.165) is 29.7 Å². The fraction of sp³-hybridized carbons (Fsp3) is 0.176. The molecule has 0 radical (unpaired) electrons. The number of carbonyl (C=O) groups excluding carboxylic acids is 1. The number of hydrogen-bond donors (Lipinski definition) is 1. The van der Waals surface area contributed by atoms with E-state index >= 15 is 0 Å². The van der Waals surface area contributed by atoms with Gasteiger partial charge in [0.2, 0.25) is 5.76 Å². The van der Waals surface area contributed by atoms with Gasteiger partial charge in [0.1, 0.15) is 5.82 Å². The van der Waals surface area contributed by atoms with Crippen LogP contribution in [0.3, 0.4) is 0 Å². The van der Waals surface area contributed by atoms with Crippen LogP contribution in [-0.2, 0) is 0 Å². The molecule has 0 saturated heterocycles. The molecule has 1 N–H and O–H groups in total. The Kier molecular flexibility index (Phi) is 3.34. The van der Waals surface area contributed by atoms with Crippen LogP contribution in [0, 0.1) is 0 Å². The van der Waals surface area contributed by atoms with Crippen LogP contribution in [0.4, 0.5) is 5.82 Å². The lowest BCUT2D eigenvalue weighted by Gasteiger charge is -2.05. The van der Waals surface area contributed by atoms with Gasteiger partial charge in [-0.25, -0.2) is 4.98 Å². The quantitative estimate of drug-likeness (QED) is 0.800. The zero-order valence-corrected chi connectivity index (χ0v) is 12.3. The first-order valence-corrected chi connectivity index (χ1v) is 7.44. The van der Waals surface area contributed by atoms with E-state index in [2.05, 4.69) is 20.4 Å². The lowest BCUT2D eigenvalue weighted by Crippen LogP contribution is -2.12. The van der Waals surface area contributed by atoms with E-state index in [9.17, 15) is 4.79 Å². The topological polar surface area (TPSA) is 80.9 Å². The second-order valence-corrected chi connectivity index (χ2v) is 5.52. The summed E-state index contributed by atoms with van der Waals surface area (Å²) in [6.45, 7) is 0. The van der Waals surface area contributed by atoms with Gasteiger partial charge in [0.15, 0.2) is 0 Å². The molecule has 0 unspecified atom stereocenters. The monoisotopic (exact) mass is 306 g/mol. The third-order valence-electron chi connectivity index (χ3n) is 3.74. The highest BCUT2D eigenvalue weighted by Gasteiger charge is 2.28. The zero-order chi connectivity index (χ0) is 15.6. The molecule has 1 amide bonds. The predicted molar refractivity (Wildman–Crippen MR) is 83.9 cm³/mol. The molecule has 1 saturated carbocycles. The second kappa shape index (κ2) is 5.64. The Morgan fingerprint density at radius 3 is 2.87 bits per heavy atom. The summed E-state index contributed by atoms with van der Waals surface area (Å²) >= 11 is 0. The summed E-state index contributed by atoms with van der Waals surface area (Å²) in [6, 6.07) is 9.19. The molecule has 23 heavy (non-hydrogen) atoms. The average molecular weight is 306 g/mol. The van der Waals surface area contributed by atoms with Gasteiger partial charge in [-0.15, -0.1) is 0 Å². The van der Waals surface area contributed by atoms with Crippen molar-refractivity contribution in [2.24, 2.45) is 0 Å². The minimum absolute atomic E-state index is 0.209. The number of pyridine rings is 2. The summed E-state index contributed by atoms with van der Waals surface area (Å²) in [4.78, 5) is 20.5. The molecule has 1 aliphatic carbocycles. The molecule has 0 bridgehead atoms. The van der Waals surface area contributed by atoms with Crippen LogP contribution >= 0.6 is 0 Å². The van der Waals surface area contributed by atoms with E-state index in [4.69, 9.17) is 4.52 Å². The molecule has 114 valence electrons. The van der Waals surface area contributed by atoms with Crippen molar-refractivity contribution in [2.75, 3.05) is 5.32 Å². The Morgan fingerprint density at radius 1 is 1.17 bits per heavy atom. The lowest BCUT2D eigenvalue weighted by atomic mass is 10.1. The van der Waals surface area contributed by atoms with Crippen LogP contribution in [0.25, 0.3) is 11.1 Å². The van der Waals surface area contributed by atoms with Crippen LogP contribution in [0.15, 0.2) is 53.4 Å². The Bertz CT molecular complexity index is 841. The molecule has 1 fully saturated rings. The fourth-order valence-corrected chi connectivity index (χ4v) is 2.36. The third-order valence-corrected chi connectivity index (χ3v) is 3.74. The molecule has 0 atom stereocenters. The smallest absolute Gasteiger partial charge is 0.295 e. The highest BCUT2D eigenvalue weighted by atomic mass is 16.5. The van der Waals surface area contributed by atoms with Gasteiger partial charge < -0.3 is 9.84 Å². The maximum atomic E-state index is 12.2. The van der Waals surface area contributed by atoms with E-state index in [-0.39, 0.29) is 11.7 Å². The Morgan fingerprint density at radius 2 is 2.09 bits per heavy atom. The van der Waals surface area contributed by atoms with E-state index in [1.165, 1.54) is 0 Å². The number of amides is 1. The minimum atomic E-state index is -0.347. The van der Waals surface area contributed by atoms with Crippen molar-refractivity contribution in [3.63, 3.8) is 0 Å². The minimum Gasteiger partial charge on any atom is -0.351 e. The summed E-state index contributed by atoms with van der Waals surface area (Å²) in [5.74, 6) is 0.772. The van der Waals surface area contributed by atoms with Crippen molar-refractivity contribution in [3.8, 4) is 11.1 Å². The molecule has 6 nitrogen and oxygen atoms in total. The first kappa shape index (κ1) is 13.6. The molecule has 3 heterocycles. The van der Waals surface area contributed by atoms with Crippen LogP contribution in [0.1, 0.15) is 35.0 Å². The van der Waals surface area contributed by atoms with Gasteiger partial charge in [0.05, 0.1) is 5.69 Å². The summed E-state index contributed by atoms with van der Waals surface area (Å²) in [5.41, 5.74) is 2.74. The van der Waals surface area contributed by atoms with Gasteiger partial charge >= 0.3 is 0 Å². The molecule has 3 aromatic rings. The SMILES string of the molecule is O=C(Nc1cc(-c2cccnc2)ccn1)c1cc(C2CC2)no1. The predicted octanol–water partition coefficient (Wildman–Crippen LogP) is 3.26. The summed E-state index contributed by atoms with van der Waals surface area (Å²) in [7, 11) is 0. The van der Waals surface area contributed by atoms with Crippen LogP contribution in [-0.4, -0.2) is 21.0 Å². The van der Waals surface area contributed by atoms with E-state index < -0.39 is 0 Å². The summed E-state index contributed by atoms with van der Waals surface area (Å²) in [6.07, 6.45) is 7.35. The van der Waals surface area contributed by atoms with Gasteiger partial charge in [-0.3, -0.25) is 9.78 Å². The second-order valence-electron chi connectivity index (χ2n) is 5.52. The number of anilines is 1. The molecule has 1 aliphatic rings. The molecule has 0 spiro atoms. The Hall–Kier alpha value is -3.02. The van der Waals surface area contributed by atoms with Crippen molar-refractivity contribution in [2.45, 2.75) is 18.8 Å². The van der Waals surface area contributed by atoms with E-state index in [1.807, 2.05) is 18.2 Å². The van der Waals surface area contributed by atoms with E-state index in [0.29, 0.717) is 11.7 Å². The molecular weight excluding hydrogens is 292 g/mol. The zero-order valence-electron chi connectivity index (χ0n) is 12.3. The van der Waals surface area contributed by atoms with Gasteiger partial charge in [-0.1, -0.05) is 11.2 Å². The highest BCUT2D eigenvalue weighted by Crippen LogP contribution is 2.39. The molecule has 0 aromatic carbocycles. The fourth-order valence-electron chi connectivity index (χ4n) is 2.36. The van der Waals surface area contributed by atoms with Crippen LogP contribution in [0.5, 0.6) is 0 Å². The van der Waals surface area contributed by atoms with Crippen LogP contribution < -0.4 is 5.32 Å². The third kappa shape index (κ3) is 2.96. The molecule has 3 aromatic heterocycles. The Labute approximate surface area is 132 Å². The van der Waals surface area contributed by atoms with Crippen molar-refractivity contribution in [1.29, 1.82) is 0 Å². The number of nitrogens with one attached hydrogen (secondary N) is 1. The first-order chi connectivity index (χ1) is 11.3. The van der Waals surface area contributed by atoms with Gasteiger partial charge in [0, 0.05) is 36.1 Å². The number of aromatic nitrogens is 3. The van der Waals surface area contributed by atoms with Gasteiger partial charge in [-0.05, 0) is 36.6 Å². The maximum Gasteiger partial charge on any atom is 0.295 e. The van der Waals surface area contributed by atoms with Crippen LogP contribution in [0.2, 0.25) is 0 Å². The first-order valence-electron chi connectivity index (χ1n) is 7.44. The largest absolute Gasteiger partial charge is 0.351 e. The highest BCUT2D eigenvalue weighted by molar-refractivity contribution is 6.01. The summed E-state index contributed by atoms with van der Waals surface area (Å²) < 4.78 is 5.12. The van der Waals surface area contributed by atoms with Gasteiger partial charge in [0.25, 0.3) is 5.91 Å². The number of rotatable bonds is 4. The molecule has 0 aliphatic heterocycles. The molecule has 6 heteroatoms. The van der Waals surface area contributed by atoms with Crippen molar-refractivity contribution in [3.05, 3.63) is 60.4 Å². The molecule has 4 rings (SSSR count). The maximum absolute atomic E-state index is 12.2. The Balaban J connectivity index is 1.52. The number of carbonyl (C=O) groups is 1. The van der Waals surface area contributed by atoms with Crippen molar-refractivity contribution in [1.82, 2.24) is 15.1 Å². The average Bonchev–Trinajstić information content (AvgIpc) is 3.33. The normalized spacial score (nSPS) is 13.7. The lowest BCUT2D eigenvalue weighted by molar-refractivity contribution is 0.0987. The van der Waals surface area contributed by atoms with Crippen molar-refractivity contribution < 1.29 is 9.32 Å². The standard InChI is InChI=1S/C17H14N4O2/c22-17(15-9-14(21-23-15)11-3-4-11)20-16-8-12(5-7-19-16)13-2-1-6-18-10-13/h1-2,5-11H,3-4H2,(H,19,20,22). The van der Waals surface area contributed by atoms with E-state index in [1.54, 1.807) is 30.7 Å². The van der Waals surface area contributed by atoms with Crippen molar-refractivity contribution >= 4 is 11.7 Å².